The van der Waals surface area contributed by atoms with Crippen molar-refractivity contribution in [3.05, 3.63) is 58.6 Å². The number of hydrogen-bond acceptors (Lipinski definition) is 3. The lowest BCUT2D eigenvalue weighted by atomic mass is 10.0. The third-order valence-corrected chi connectivity index (χ3v) is 3.55. The molecule has 0 aliphatic heterocycles. The first-order valence-electron chi connectivity index (χ1n) is 6.09. The predicted molar refractivity (Wildman–Crippen MR) is 78.0 cm³/mol. The summed E-state index contributed by atoms with van der Waals surface area (Å²) in [4.78, 5) is 14.7. The number of aromatic nitrogens is 1. The van der Waals surface area contributed by atoms with Crippen LogP contribution in [0, 0.1) is 5.92 Å². The van der Waals surface area contributed by atoms with Gasteiger partial charge in [0.15, 0.2) is 0 Å². The summed E-state index contributed by atoms with van der Waals surface area (Å²) in [6.45, 7) is 0. The molecule has 1 aromatic rings. The van der Waals surface area contributed by atoms with Crippen molar-refractivity contribution in [3.63, 3.8) is 0 Å². The fourth-order valence-corrected chi connectivity index (χ4v) is 2.48. The number of hydrogen-bond donors (Lipinski definition) is 1. The molecule has 1 heterocycles. The molecule has 0 spiro atoms. The van der Waals surface area contributed by atoms with Crippen LogP contribution >= 0.6 is 11.3 Å². The van der Waals surface area contributed by atoms with Gasteiger partial charge in [-0.25, -0.2) is 9.78 Å². The highest BCUT2D eigenvalue weighted by molar-refractivity contribution is 7.09. The topological polar surface area (TPSA) is 50.2 Å². The molecule has 1 atom stereocenters. The van der Waals surface area contributed by atoms with Gasteiger partial charge in [-0.15, -0.1) is 11.3 Å². The van der Waals surface area contributed by atoms with E-state index in [1.807, 2.05) is 5.38 Å². The van der Waals surface area contributed by atoms with E-state index in [0.717, 1.165) is 23.9 Å². The molecule has 0 fully saturated rings. The highest BCUT2D eigenvalue weighted by Crippen LogP contribution is 2.15. The Kier molecular flexibility index (Phi) is 4.86. The standard InChI is InChI=1S/C15H15NO2S/c17-15(18)10-9-13-11-19-14(16-13)8-4-7-12-5-2-1-3-6-12/h1-5,7,9-12H,6,8H2,(H,17,18)/b7-4+,10-9+. The van der Waals surface area contributed by atoms with Gasteiger partial charge in [0, 0.05) is 17.9 Å². The van der Waals surface area contributed by atoms with Crippen LogP contribution in [-0.2, 0) is 11.2 Å². The maximum absolute atomic E-state index is 10.4. The zero-order valence-corrected chi connectivity index (χ0v) is 11.2. The third kappa shape index (κ3) is 4.67. The summed E-state index contributed by atoms with van der Waals surface area (Å²) in [5.41, 5.74) is 0.705. The monoisotopic (exact) mass is 273 g/mol. The number of carbonyl (C=O) groups is 1. The lowest BCUT2D eigenvalue weighted by Gasteiger charge is -2.06. The summed E-state index contributed by atoms with van der Waals surface area (Å²) >= 11 is 1.55. The van der Waals surface area contributed by atoms with Gasteiger partial charge >= 0.3 is 5.97 Å². The minimum absolute atomic E-state index is 0.483. The first kappa shape index (κ1) is 13.5. The molecule has 1 aliphatic rings. The van der Waals surface area contributed by atoms with Gasteiger partial charge in [0.05, 0.1) is 10.7 Å². The Labute approximate surface area is 116 Å². The normalized spacial score (nSPS) is 18.6. The minimum atomic E-state index is -0.952. The van der Waals surface area contributed by atoms with Gasteiger partial charge in [-0.05, 0) is 18.4 Å². The first-order chi connectivity index (χ1) is 9.24. The van der Waals surface area contributed by atoms with Crippen molar-refractivity contribution in [2.75, 3.05) is 0 Å². The second-order valence-corrected chi connectivity index (χ2v) is 5.13. The molecule has 1 N–H and O–H groups in total. The number of aliphatic carboxylic acids is 1. The maximum atomic E-state index is 10.4. The van der Waals surface area contributed by atoms with Crippen molar-refractivity contribution in [2.45, 2.75) is 12.8 Å². The van der Waals surface area contributed by atoms with Crippen LogP contribution in [0.2, 0.25) is 0 Å². The Balaban J connectivity index is 1.86. The predicted octanol–water partition coefficient (Wildman–Crippen LogP) is 3.47. The fraction of sp³-hybridized carbons (Fsp3) is 0.200. The van der Waals surface area contributed by atoms with Gasteiger partial charge in [-0.1, -0.05) is 36.5 Å². The molecule has 3 nitrogen and oxygen atoms in total. The number of allylic oxidation sites excluding steroid dienone is 6. The summed E-state index contributed by atoms with van der Waals surface area (Å²) in [7, 11) is 0. The first-order valence-corrected chi connectivity index (χ1v) is 6.97. The van der Waals surface area contributed by atoms with E-state index in [4.69, 9.17) is 5.11 Å². The number of rotatable bonds is 5. The molecule has 0 amide bonds. The van der Waals surface area contributed by atoms with E-state index in [9.17, 15) is 4.79 Å². The van der Waals surface area contributed by atoms with Crippen molar-refractivity contribution in [2.24, 2.45) is 5.92 Å². The van der Waals surface area contributed by atoms with Gasteiger partial charge in [-0.3, -0.25) is 0 Å². The SMILES string of the molecule is O=C(O)/C=C/c1csc(C/C=C/C2C=CC=CC2)n1. The molecule has 2 rings (SSSR count). The molecular weight excluding hydrogens is 258 g/mol. The van der Waals surface area contributed by atoms with Gasteiger partial charge in [0.2, 0.25) is 0 Å². The molecule has 4 heteroatoms. The summed E-state index contributed by atoms with van der Waals surface area (Å²) in [5.74, 6) is -0.470. The Morgan fingerprint density at radius 1 is 1.53 bits per heavy atom. The van der Waals surface area contributed by atoms with Crippen LogP contribution in [0.25, 0.3) is 6.08 Å². The number of nitrogens with zero attached hydrogens (tertiary/aromatic N) is 1. The van der Waals surface area contributed by atoms with Crippen LogP contribution in [0.5, 0.6) is 0 Å². The molecule has 0 saturated heterocycles. The fourth-order valence-electron chi connectivity index (χ4n) is 1.74. The second-order valence-electron chi connectivity index (χ2n) is 4.18. The Hall–Kier alpha value is -1.94. The van der Waals surface area contributed by atoms with Crippen molar-refractivity contribution in [1.29, 1.82) is 0 Å². The molecule has 0 aromatic carbocycles. The highest BCUT2D eigenvalue weighted by Gasteiger charge is 2.01. The van der Waals surface area contributed by atoms with Crippen LogP contribution in [-0.4, -0.2) is 16.1 Å². The molecule has 0 radical (unpaired) electrons. The van der Waals surface area contributed by atoms with E-state index in [1.54, 1.807) is 11.3 Å². The Morgan fingerprint density at radius 3 is 3.16 bits per heavy atom. The van der Waals surface area contributed by atoms with Crippen molar-refractivity contribution < 1.29 is 9.90 Å². The minimum Gasteiger partial charge on any atom is -0.478 e. The van der Waals surface area contributed by atoms with E-state index in [1.165, 1.54) is 6.08 Å². The van der Waals surface area contributed by atoms with Crippen LogP contribution < -0.4 is 0 Å². The Morgan fingerprint density at radius 2 is 2.42 bits per heavy atom. The Bertz CT molecular complexity index is 552. The van der Waals surface area contributed by atoms with E-state index in [0.29, 0.717) is 11.6 Å². The zero-order chi connectivity index (χ0) is 13.5. The van der Waals surface area contributed by atoms with E-state index in [-0.39, 0.29) is 0 Å². The van der Waals surface area contributed by atoms with Gasteiger partial charge in [-0.2, -0.15) is 0 Å². The van der Waals surface area contributed by atoms with E-state index in [2.05, 4.69) is 41.4 Å². The molecule has 0 bridgehead atoms. The number of carboxylic acid groups (broad SMARTS) is 1. The molecule has 1 aromatic heterocycles. The lowest BCUT2D eigenvalue weighted by Crippen LogP contribution is -1.92. The molecular formula is C15H15NO2S. The van der Waals surface area contributed by atoms with E-state index < -0.39 is 5.97 Å². The summed E-state index contributed by atoms with van der Waals surface area (Å²) < 4.78 is 0. The van der Waals surface area contributed by atoms with Gasteiger partial charge in [0.1, 0.15) is 0 Å². The quantitative estimate of drug-likeness (QED) is 0.660. The molecule has 0 saturated carbocycles. The van der Waals surface area contributed by atoms with E-state index >= 15 is 0 Å². The van der Waals surface area contributed by atoms with Crippen LogP contribution in [0.1, 0.15) is 17.1 Å². The summed E-state index contributed by atoms with van der Waals surface area (Å²) in [6.07, 6.45) is 17.2. The molecule has 98 valence electrons. The maximum Gasteiger partial charge on any atom is 0.328 e. The second kappa shape index (κ2) is 6.85. The molecule has 19 heavy (non-hydrogen) atoms. The third-order valence-electron chi connectivity index (χ3n) is 2.66. The van der Waals surface area contributed by atoms with Crippen molar-refractivity contribution in [1.82, 2.24) is 4.98 Å². The smallest absolute Gasteiger partial charge is 0.328 e. The summed E-state index contributed by atoms with van der Waals surface area (Å²) in [5, 5.41) is 11.4. The van der Waals surface area contributed by atoms with Gasteiger partial charge < -0.3 is 5.11 Å². The number of carboxylic acids is 1. The zero-order valence-electron chi connectivity index (χ0n) is 10.4. The number of thiazole rings is 1. The molecule has 1 unspecified atom stereocenters. The summed E-state index contributed by atoms with van der Waals surface area (Å²) in [6, 6.07) is 0. The van der Waals surface area contributed by atoms with Crippen LogP contribution in [0.15, 0.2) is 47.9 Å². The van der Waals surface area contributed by atoms with Crippen molar-refractivity contribution in [3.8, 4) is 0 Å². The van der Waals surface area contributed by atoms with Crippen LogP contribution in [0.3, 0.4) is 0 Å². The average Bonchev–Trinajstić information content (AvgIpc) is 2.86. The average molecular weight is 273 g/mol. The highest BCUT2D eigenvalue weighted by atomic mass is 32.1. The van der Waals surface area contributed by atoms with Crippen LogP contribution in [0.4, 0.5) is 0 Å². The molecule has 1 aliphatic carbocycles. The largest absolute Gasteiger partial charge is 0.478 e. The van der Waals surface area contributed by atoms with Gasteiger partial charge in [0.25, 0.3) is 0 Å². The van der Waals surface area contributed by atoms with Crippen molar-refractivity contribution >= 4 is 23.4 Å². The lowest BCUT2D eigenvalue weighted by molar-refractivity contribution is -0.131.